The van der Waals surface area contributed by atoms with Gasteiger partial charge in [-0.25, -0.2) is 4.98 Å². The second-order valence-corrected chi connectivity index (χ2v) is 4.28. The molecule has 1 fully saturated rings. The van der Waals surface area contributed by atoms with Crippen LogP contribution in [0.2, 0.25) is 0 Å². The van der Waals surface area contributed by atoms with Gasteiger partial charge < -0.3 is 10.2 Å². The number of nitro groups is 1. The van der Waals surface area contributed by atoms with Gasteiger partial charge in [0.25, 0.3) is 0 Å². The molecule has 1 aliphatic rings. The number of likely N-dealkylation sites (N-methyl/N-ethyl adjacent to an activating group) is 1. The molecule has 0 aliphatic carbocycles. The zero-order chi connectivity index (χ0) is 12.3. The lowest BCUT2D eigenvalue weighted by molar-refractivity contribution is -0.384. The van der Waals surface area contributed by atoms with Crippen molar-refractivity contribution in [1.82, 2.24) is 10.3 Å². The van der Waals surface area contributed by atoms with Crippen molar-refractivity contribution in [2.45, 2.75) is 18.9 Å². The third-order valence-corrected chi connectivity index (χ3v) is 2.98. The fourth-order valence-electron chi connectivity index (χ4n) is 2.15. The van der Waals surface area contributed by atoms with Crippen LogP contribution >= 0.6 is 12.4 Å². The summed E-state index contributed by atoms with van der Waals surface area (Å²) in [7, 11) is 1.84. The number of pyridine rings is 1. The van der Waals surface area contributed by atoms with E-state index in [1.807, 2.05) is 11.9 Å². The van der Waals surface area contributed by atoms with Gasteiger partial charge in [-0.15, -0.1) is 12.4 Å². The number of nitrogens with one attached hydrogen (secondary N) is 1. The maximum Gasteiger partial charge on any atom is 0.311 e. The summed E-state index contributed by atoms with van der Waals surface area (Å²) >= 11 is 0. The second-order valence-electron chi connectivity index (χ2n) is 4.28. The molecule has 0 amide bonds. The van der Waals surface area contributed by atoms with Gasteiger partial charge in [0.05, 0.1) is 4.92 Å². The van der Waals surface area contributed by atoms with Gasteiger partial charge in [0.1, 0.15) is 0 Å². The second kappa shape index (κ2) is 6.51. The molecule has 7 heteroatoms. The Balaban J connectivity index is 0.00000162. The van der Waals surface area contributed by atoms with Crippen molar-refractivity contribution in [2.24, 2.45) is 0 Å². The first-order valence-corrected chi connectivity index (χ1v) is 5.72. The van der Waals surface area contributed by atoms with E-state index in [1.165, 1.54) is 12.5 Å². The van der Waals surface area contributed by atoms with Crippen LogP contribution in [0.25, 0.3) is 0 Å². The molecule has 0 aromatic carbocycles. The maximum absolute atomic E-state index is 10.9. The average Bonchev–Trinajstić information content (AvgIpc) is 2.81. The molecule has 18 heavy (non-hydrogen) atoms. The normalized spacial score (nSPS) is 18.2. The molecule has 0 bridgehead atoms. The number of rotatable bonds is 4. The fraction of sp³-hybridized carbons (Fsp3) is 0.545. The van der Waals surface area contributed by atoms with Crippen LogP contribution in [0.5, 0.6) is 0 Å². The first kappa shape index (κ1) is 14.7. The Kier molecular flexibility index (Phi) is 5.30. The lowest BCUT2D eigenvalue weighted by atomic mass is 10.2. The molecule has 100 valence electrons. The van der Waals surface area contributed by atoms with E-state index in [4.69, 9.17) is 0 Å². The van der Waals surface area contributed by atoms with E-state index < -0.39 is 0 Å². The lowest BCUT2D eigenvalue weighted by Crippen LogP contribution is -2.35. The van der Waals surface area contributed by atoms with Gasteiger partial charge >= 0.3 is 5.69 Å². The van der Waals surface area contributed by atoms with Crippen molar-refractivity contribution in [3.63, 3.8) is 0 Å². The highest BCUT2D eigenvalue weighted by Gasteiger charge is 2.22. The van der Waals surface area contributed by atoms with E-state index in [0.717, 1.165) is 19.5 Å². The minimum Gasteiger partial charge on any atom is -0.352 e. The summed E-state index contributed by atoms with van der Waals surface area (Å²) < 4.78 is 0. The molecule has 1 aromatic rings. The molecule has 2 heterocycles. The first-order chi connectivity index (χ1) is 8.18. The molecule has 1 aliphatic heterocycles. The Morgan fingerprint density at radius 1 is 1.67 bits per heavy atom. The van der Waals surface area contributed by atoms with Gasteiger partial charge in [-0.05, 0) is 25.5 Å². The van der Waals surface area contributed by atoms with E-state index in [0.29, 0.717) is 11.9 Å². The Morgan fingerprint density at radius 3 is 3.06 bits per heavy atom. The van der Waals surface area contributed by atoms with Gasteiger partial charge in [-0.2, -0.15) is 0 Å². The first-order valence-electron chi connectivity index (χ1n) is 5.72. The van der Waals surface area contributed by atoms with Gasteiger partial charge in [0.2, 0.25) is 5.82 Å². The molecule has 0 saturated carbocycles. The summed E-state index contributed by atoms with van der Waals surface area (Å²) in [6.45, 7) is 1.78. The third-order valence-electron chi connectivity index (χ3n) is 2.98. The van der Waals surface area contributed by atoms with Crippen molar-refractivity contribution in [3.05, 3.63) is 28.4 Å². The van der Waals surface area contributed by atoms with Crippen molar-refractivity contribution in [2.75, 3.05) is 25.0 Å². The Hall–Kier alpha value is -1.40. The van der Waals surface area contributed by atoms with E-state index in [2.05, 4.69) is 10.3 Å². The van der Waals surface area contributed by atoms with Crippen molar-refractivity contribution >= 4 is 23.9 Å². The number of nitrogens with zero attached hydrogens (tertiary/aromatic N) is 3. The van der Waals surface area contributed by atoms with Gasteiger partial charge in [-0.1, -0.05) is 0 Å². The minimum atomic E-state index is -0.388. The van der Waals surface area contributed by atoms with Crippen LogP contribution in [0.3, 0.4) is 0 Å². The molecular formula is C11H17ClN4O2. The van der Waals surface area contributed by atoms with Crippen molar-refractivity contribution < 1.29 is 4.92 Å². The summed E-state index contributed by atoms with van der Waals surface area (Å²) in [5.74, 6) is 0.436. The third kappa shape index (κ3) is 3.30. The van der Waals surface area contributed by atoms with Gasteiger partial charge in [0, 0.05) is 31.9 Å². The van der Waals surface area contributed by atoms with Gasteiger partial charge in [0.15, 0.2) is 0 Å². The molecule has 0 radical (unpaired) electrons. The number of anilines is 1. The summed E-state index contributed by atoms with van der Waals surface area (Å²) in [4.78, 5) is 16.4. The van der Waals surface area contributed by atoms with Crippen LogP contribution in [0, 0.1) is 10.1 Å². The summed E-state index contributed by atoms with van der Waals surface area (Å²) in [5.41, 5.74) is 0.0630. The summed E-state index contributed by atoms with van der Waals surface area (Å²) in [6.07, 6.45) is 3.87. The zero-order valence-corrected chi connectivity index (χ0v) is 11.0. The molecule has 0 spiro atoms. The van der Waals surface area contributed by atoms with Crippen LogP contribution < -0.4 is 10.2 Å². The Morgan fingerprint density at radius 2 is 2.44 bits per heavy atom. The highest BCUT2D eigenvalue weighted by Crippen LogP contribution is 2.24. The Labute approximate surface area is 112 Å². The molecular weight excluding hydrogens is 256 g/mol. The average molecular weight is 273 g/mol. The summed E-state index contributed by atoms with van der Waals surface area (Å²) in [5, 5.41) is 14.3. The fourth-order valence-corrected chi connectivity index (χ4v) is 2.15. The highest BCUT2D eigenvalue weighted by molar-refractivity contribution is 5.85. The Bertz CT molecular complexity index is 410. The molecule has 1 atom stereocenters. The SMILES string of the molecule is CN(CC1CCCN1)c1ncccc1[N+](=O)[O-].Cl. The minimum absolute atomic E-state index is 0. The van der Waals surface area contributed by atoms with Gasteiger partial charge in [-0.3, -0.25) is 10.1 Å². The van der Waals surface area contributed by atoms with Crippen LogP contribution in [0.4, 0.5) is 11.5 Å². The maximum atomic E-state index is 10.9. The van der Waals surface area contributed by atoms with E-state index >= 15 is 0 Å². The standard InChI is InChI=1S/C11H16N4O2.ClH/c1-14(8-9-4-2-6-12-9)11-10(15(16)17)5-3-7-13-11;/h3,5,7,9,12H,2,4,6,8H2,1H3;1H. The predicted octanol–water partition coefficient (Wildman–Crippen LogP) is 1.60. The molecule has 1 saturated heterocycles. The number of aromatic nitrogens is 1. The van der Waals surface area contributed by atoms with Crippen LogP contribution in [-0.2, 0) is 0 Å². The van der Waals surface area contributed by atoms with Crippen molar-refractivity contribution in [3.8, 4) is 0 Å². The number of halogens is 1. The monoisotopic (exact) mass is 272 g/mol. The smallest absolute Gasteiger partial charge is 0.311 e. The van der Waals surface area contributed by atoms with Crippen LogP contribution in [0.1, 0.15) is 12.8 Å². The molecule has 6 nitrogen and oxygen atoms in total. The zero-order valence-electron chi connectivity index (χ0n) is 10.2. The van der Waals surface area contributed by atoms with Crippen LogP contribution in [-0.4, -0.2) is 36.1 Å². The predicted molar refractivity (Wildman–Crippen MR) is 72.4 cm³/mol. The quantitative estimate of drug-likeness (QED) is 0.666. The van der Waals surface area contributed by atoms with E-state index in [9.17, 15) is 10.1 Å². The number of hydrogen-bond acceptors (Lipinski definition) is 5. The molecule has 2 rings (SSSR count). The van der Waals surface area contributed by atoms with Crippen molar-refractivity contribution in [1.29, 1.82) is 0 Å². The van der Waals surface area contributed by atoms with E-state index in [-0.39, 0.29) is 23.0 Å². The van der Waals surface area contributed by atoms with E-state index in [1.54, 1.807) is 12.3 Å². The number of hydrogen-bond donors (Lipinski definition) is 1. The highest BCUT2D eigenvalue weighted by atomic mass is 35.5. The largest absolute Gasteiger partial charge is 0.352 e. The molecule has 1 aromatic heterocycles. The lowest BCUT2D eigenvalue weighted by Gasteiger charge is -2.21. The van der Waals surface area contributed by atoms with Crippen LogP contribution in [0.15, 0.2) is 18.3 Å². The summed E-state index contributed by atoms with van der Waals surface area (Å²) in [6, 6.07) is 3.48. The molecule has 1 unspecified atom stereocenters. The topological polar surface area (TPSA) is 71.3 Å². The molecule has 1 N–H and O–H groups in total.